The lowest BCUT2D eigenvalue weighted by molar-refractivity contribution is 0.792. The molecular formula is C17H13N3S. The molecule has 0 amide bonds. The molecule has 0 bridgehead atoms. The smallest absolute Gasteiger partial charge is 0.174 e. The maximum absolute atomic E-state index is 4.57. The molecule has 1 aromatic carbocycles. The maximum Gasteiger partial charge on any atom is 0.174 e. The van der Waals surface area contributed by atoms with Crippen molar-refractivity contribution >= 4 is 17.4 Å². The molecule has 1 N–H and O–H groups in total. The van der Waals surface area contributed by atoms with E-state index in [1.165, 1.54) is 4.90 Å². The van der Waals surface area contributed by atoms with Crippen LogP contribution in [0, 0.1) is 0 Å². The molecule has 0 aliphatic carbocycles. The summed E-state index contributed by atoms with van der Waals surface area (Å²) < 4.78 is 0. The number of anilines is 1. The standard InChI is InChI=1S/C17H13N3S/c1-2-8-14-13(7-1)20-17(21-14,15-9-3-5-11-18-15)16-10-4-6-12-19-16/h1-12,20H. The Hall–Kier alpha value is -2.33. The number of hydrogen-bond donors (Lipinski definition) is 1. The van der Waals surface area contributed by atoms with E-state index in [9.17, 15) is 0 Å². The average molecular weight is 291 g/mol. The van der Waals surface area contributed by atoms with E-state index in [1.54, 1.807) is 11.8 Å². The van der Waals surface area contributed by atoms with Crippen LogP contribution in [-0.2, 0) is 4.87 Å². The third-order valence-electron chi connectivity index (χ3n) is 3.51. The Morgan fingerprint density at radius 2 is 1.38 bits per heavy atom. The van der Waals surface area contributed by atoms with Gasteiger partial charge in [0, 0.05) is 23.0 Å². The fraction of sp³-hybridized carbons (Fsp3) is 0.0588. The van der Waals surface area contributed by atoms with Gasteiger partial charge >= 0.3 is 0 Å². The van der Waals surface area contributed by atoms with Crippen LogP contribution in [0.4, 0.5) is 5.69 Å². The van der Waals surface area contributed by atoms with Crippen molar-refractivity contribution < 1.29 is 0 Å². The zero-order chi connectivity index (χ0) is 14.1. The number of fused-ring (bicyclic) bond motifs is 1. The second kappa shape index (κ2) is 4.90. The quantitative estimate of drug-likeness (QED) is 0.777. The van der Waals surface area contributed by atoms with Gasteiger partial charge in [-0.2, -0.15) is 0 Å². The SMILES string of the molecule is c1ccc(C2(c3ccccn3)Nc3ccccc3S2)nc1. The molecular weight excluding hydrogens is 278 g/mol. The second-order valence-electron chi connectivity index (χ2n) is 4.83. The predicted octanol–water partition coefficient (Wildman–Crippen LogP) is 3.90. The fourth-order valence-electron chi connectivity index (χ4n) is 2.54. The van der Waals surface area contributed by atoms with Crippen LogP contribution in [0.1, 0.15) is 11.4 Å². The summed E-state index contributed by atoms with van der Waals surface area (Å²) in [7, 11) is 0. The first-order chi connectivity index (χ1) is 10.4. The molecule has 3 heterocycles. The minimum atomic E-state index is -0.466. The Morgan fingerprint density at radius 3 is 1.95 bits per heavy atom. The number of thioether (sulfide) groups is 1. The molecule has 102 valence electrons. The van der Waals surface area contributed by atoms with Crippen molar-refractivity contribution in [1.82, 2.24) is 9.97 Å². The Kier molecular flexibility index (Phi) is 2.89. The molecule has 1 aliphatic heterocycles. The van der Waals surface area contributed by atoms with E-state index in [0.29, 0.717) is 0 Å². The Labute approximate surface area is 127 Å². The summed E-state index contributed by atoms with van der Waals surface area (Å²) in [6, 6.07) is 20.3. The summed E-state index contributed by atoms with van der Waals surface area (Å²) in [4.78, 5) is 9.89. The monoisotopic (exact) mass is 291 g/mol. The summed E-state index contributed by atoms with van der Waals surface area (Å²) in [5.74, 6) is 0. The summed E-state index contributed by atoms with van der Waals surface area (Å²) >= 11 is 1.75. The molecule has 2 aromatic heterocycles. The van der Waals surface area contributed by atoms with Crippen molar-refractivity contribution in [3.05, 3.63) is 84.4 Å². The highest BCUT2D eigenvalue weighted by atomic mass is 32.2. The summed E-state index contributed by atoms with van der Waals surface area (Å²) in [5, 5.41) is 3.62. The molecule has 3 nitrogen and oxygen atoms in total. The van der Waals surface area contributed by atoms with Gasteiger partial charge < -0.3 is 5.32 Å². The number of nitrogens with zero attached hydrogens (tertiary/aromatic N) is 2. The highest BCUT2D eigenvalue weighted by Crippen LogP contribution is 2.53. The van der Waals surface area contributed by atoms with E-state index in [-0.39, 0.29) is 0 Å². The molecule has 0 radical (unpaired) electrons. The topological polar surface area (TPSA) is 37.8 Å². The van der Waals surface area contributed by atoms with Gasteiger partial charge in [-0.15, -0.1) is 0 Å². The molecule has 0 atom stereocenters. The zero-order valence-corrected chi connectivity index (χ0v) is 12.0. The zero-order valence-electron chi connectivity index (χ0n) is 11.2. The van der Waals surface area contributed by atoms with Crippen LogP contribution < -0.4 is 5.32 Å². The van der Waals surface area contributed by atoms with E-state index >= 15 is 0 Å². The Balaban J connectivity index is 1.90. The first-order valence-corrected chi connectivity index (χ1v) is 7.59. The van der Waals surface area contributed by atoms with Crippen molar-refractivity contribution in [2.75, 3.05) is 5.32 Å². The number of benzene rings is 1. The highest BCUT2D eigenvalue weighted by molar-refractivity contribution is 8.01. The van der Waals surface area contributed by atoms with Gasteiger partial charge in [0.25, 0.3) is 0 Å². The van der Waals surface area contributed by atoms with Crippen LogP contribution in [0.25, 0.3) is 0 Å². The number of pyridine rings is 2. The number of hydrogen-bond acceptors (Lipinski definition) is 4. The van der Waals surface area contributed by atoms with Crippen LogP contribution >= 0.6 is 11.8 Å². The molecule has 3 aromatic rings. The number of aromatic nitrogens is 2. The molecule has 0 fully saturated rings. The third-order valence-corrected chi connectivity index (χ3v) is 4.91. The van der Waals surface area contributed by atoms with Crippen molar-refractivity contribution in [2.45, 2.75) is 9.77 Å². The normalized spacial score (nSPS) is 15.2. The van der Waals surface area contributed by atoms with E-state index in [0.717, 1.165) is 17.1 Å². The van der Waals surface area contributed by atoms with E-state index in [4.69, 9.17) is 0 Å². The van der Waals surface area contributed by atoms with E-state index < -0.39 is 4.87 Å². The summed E-state index contributed by atoms with van der Waals surface area (Å²) in [5.41, 5.74) is 3.05. The molecule has 21 heavy (non-hydrogen) atoms. The lowest BCUT2D eigenvalue weighted by Gasteiger charge is -2.27. The van der Waals surface area contributed by atoms with Crippen LogP contribution in [-0.4, -0.2) is 9.97 Å². The van der Waals surface area contributed by atoms with Crippen molar-refractivity contribution in [1.29, 1.82) is 0 Å². The molecule has 4 heteroatoms. The van der Waals surface area contributed by atoms with Gasteiger partial charge in [-0.1, -0.05) is 36.0 Å². The minimum Gasteiger partial charge on any atom is -0.360 e. The first kappa shape index (κ1) is 12.4. The van der Waals surface area contributed by atoms with Crippen molar-refractivity contribution in [3.63, 3.8) is 0 Å². The van der Waals surface area contributed by atoms with Gasteiger partial charge in [0.1, 0.15) is 0 Å². The molecule has 4 rings (SSSR count). The first-order valence-electron chi connectivity index (χ1n) is 6.78. The van der Waals surface area contributed by atoms with Gasteiger partial charge in [0.2, 0.25) is 0 Å². The number of rotatable bonds is 2. The van der Waals surface area contributed by atoms with Gasteiger partial charge in [-0.3, -0.25) is 9.97 Å². The van der Waals surface area contributed by atoms with Crippen molar-refractivity contribution in [3.8, 4) is 0 Å². The maximum atomic E-state index is 4.57. The van der Waals surface area contributed by atoms with E-state index in [1.807, 2.05) is 54.9 Å². The van der Waals surface area contributed by atoms with Gasteiger partial charge in [0.15, 0.2) is 4.87 Å². The number of nitrogens with one attached hydrogen (secondary N) is 1. The van der Waals surface area contributed by atoms with Gasteiger partial charge in [0.05, 0.1) is 11.4 Å². The largest absolute Gasteiger partial charge is 0.360 e. The highest BCUT2D eigenvalue weighted by Gasteiger charge is 2.43. The van der Waals surface area contributed by atoms with Gasteiger partial charge in [-0.05, 0) is 36.4 Å². The average Bonchev–Trinajstić information content (AvgIpc) is 2.97. The lowest BCUT2D eigenvalue weighted by atomic mass is 10.1. The van der Waals surface area contributed by atoms with Crippen LogP contribution in [0.15, 0.2) is 78.0 Å². The predicted molar refractivity (Wildman–Crippen MR) is 85.2 cm³/mol. The second-order valence-corrected chi connectivity index (χ2v) is 6.09. The third kappa shape index (κ3) is 1.99. The summed E-state index contributed by atoms with van der Waals surface area (Å²) in [6.07, 6.45) is 3.65. The molecule has 0 spiro atoms. The number of para-hydroxylation sites is 1. The molecule has 0 saturated carbocycles. The van der Waals surface area contributed by atoms with Gasteiger partial charge in [-0.25, -0.2) is 0 Å². The van der Waals surface area contributed by atoms with Crippen LogP contribution in [0.5, 0.6) is 0 Å². The lowest BCUT2D eigenvalue weighted by Crippen LogP contribution is -2.31. The van der Waals surface area contributed by atoms with Crippen LogP contribution in [0.3, 0.4) is 0 Å². The van der Waals surface area contributed by atoms with Crippen molar-refractivity contribution in [2.24, 2.45) is 0 Å². The molecule has 0 unspecified atom stereocenters. The van der Waals surface area contributed by atoms with E-state index in [2.05, 4.69) is 33.5 Å². The fourth-order valence-corrected chi connectivity index (χ4v) is 3.86. The Bertz CT molecular complexity index is 693. The molecule has 0 saturated heterocycles. The molecule has 1 aliphatic rings. The Morgan fingerprint density at radius 1 is 0.762 bits per heavy atom. The minimum absolute atomic E-state index is 0.466. The summed E-state index contributed by atoms with van der Waals surface area (Å²) in [6.45, 7) is 0. The van der Waals surface area contributed by atoms with Crippen LogP contribution in [0.2, 0.25) is 0 Å².